The molecule has 2 heteroatoms. The predicted molar refractivity (Wildman–Crippen MR) is 102 cm³/mol. The largest absolute Gasteiger partial charge is 0.297 e. The first-order valence-electron chi connectivity index (χ1n) is 9.09. The fourth-order valence-electron chi connectivity index (χ4n) is 3.58. The minimum absolute atomic E-state index is 0.214. The monoisotopic (exact) mass is 322 g/mol. The Bertz CT molecular complexity index is 635. The molecule has 1 aliphatic heterocycles. The fraction of sp³-hybridized carbons (Fsp3) is 0.455. The summed E-state index contributed by atoms with van der Waals surface area (Å²) < 4.78 is 0. The molecule has 1 fully saturated rings. The zero-order valence-electron chi connectivity index (χ0n) is 15.3. The summed E-state index contributed by atoms with van der Waals surface area (Å²) in [5.74, 6) is 0. The lowest BCUT2D eigenvalue weighted by molar-refractivity contribution is 0.121. The number of benzene rings is 2. The lowest BCUT2D eigenvalue weighted by Crippen LogP contribution is -2.45. The molecule has 0 aliphatic carbocycles. The molecule has 2 aromatic carbocycles. The highest BCUT2D eigenvalue weighted by molar-refractivity contribution is 5.32. The van der Waals surface area contributed by atoms with E-state index in [1.54, 1.807) is 0 Å². The zero-order valence-corrected chi connectivity index (χ0v) is 15.3. The maximum Gasteiger partial charge on any atom is 0.0237 e. The fourth-order valence-corrected chi connectivity index (χ4v) is 3.58. The molecule has 128 valence electrons. The third-order valence-electron chi connectivity index (χ3n) is 4.93. The lowest BCUT2D eigenvalue weighted by atomic mass is 9.83. The van der Waals surface area contributed by atoms with Crippen LogP contribution in [-0.2, 0) is 18.5 Å². The molecular weight excluding hydrogens is 292 g/mol. The number of hydrogen-bond acceptors (Lipinski definition) is 2. The van der Waals surface area contributed by atoms with E-state index < -0.39 is 0 Å². The highest BCUT2D eigenvalue weighted by Crippen LogP contribution is 2.26. The van der Waals surface area contributed by atoms with E-state index in [1.165, 1.54) is 16.7 Å². The Balaban J connectivity index is 1.56. The molecular formula is C22H30N2. The van der Waals surface area contributed by atoms with Crippen LogP contribution in [0.25, 0.3) is 0 Å². The van der Waals surface area contributed by atoms with E-state index in [1.807, 2.05) is 0 Å². The summed E-state index contributed by atoms with van der Waals surface area (Å²) >= 11 is 0. The van der Waals surface area contributed by atoms with Crippen molar-refractivity contribution < 1.29 is 0 Å². The second-order valence-corrected chi connectivity index (χ2v) is 7.95. The Kier molecular flexibility index (Phi) is 5.37. The first-order chi connectivity index (χ1) is 11.5. The van der Waals surface area contributed by atoms with Gasteiger partial charge in [0.1, 0.15) is 0 Å². The third-order valence-corrected chi connectivity index (χ3v) is 4.93. The number of rotatable bonds is 4. The van der Waals surface area contributed by atoms with E-state index in [4.69, 9.17) is 0 Å². The van der Waals surface area contributed by atoms with E-state index >= 15 is 0 Å². The molecule has 0 saturated carbocycles. The number of nitrogens with zero attached hydrogens (tertiary/aromatic N) is 2. The van der Waals surface area contributed by atoms with E-state index in [0.29, 0.717) is 0 Å². The van der Waals surface area contributed by atoms with Crippen LogP contribution >= 0.6 is 0 Å². The smallest absolute Gasteiger partial charge is 0.0237 e. The van der Waals surface area contributed by atoms with Crippen molar-refractivity contribution in [3.8, 4) is 0 Å². The first-order valence-corrected chi connectivity index (χ1v) is 9.09. The van der Waals surface area contributed by atoms with E-state index in [9.17, 15) is 0 Å². The molecule has 0 atom stereocenters. The molecule has 1 heterocycles. The molecule has 2 aromatic rings. The summed E-state index contributed by atoms with van der Waals surface area (Å²) in [6, 6.07) is 19.8. The number of piperazine rings is 1. The second kappa shape index (κ2) is 7.50. The minimum atomic E-state index is 0.214. The van der Waals surface area contributed by atoms with Crippen molar-refractivity contribution in [2.75, 3.05) is 26.2 Å². The van der Waals surface area contributed by atoms with Crippen LogP contribution in [0.15, 0.2) is 54.6 Å². The molecule has 0 spiro atoms. The topological polar surface area (TPSA) is 6.48 Å². The van der Waals surface area contributed by atoms with E-state index in [2.05, 4.69) is 85.2 Å². The van der Waals surface area contributed by atoms with Gasteiger partial charge >= 0.3 is 0 Å². The normalized spacial score (nSPS) is 17.1. The van der Waals surface area contributed by atoms with Gasteiger partial charge in [-0.3, -0.25) is 9.80 Å². The van der Waals surface area contributed by atoms with Gasteiger partial charge in [-0.2, -0.15) is 0 Å². The summed E-state index contributed by atoms with van der Waals surface area (Å²) in [5, 5.41) is 0. The van der Waals surface area contributed by atoms with Gasteiger partial charge in [-0.15, -0.1) is 0 Å². The van der Waals surface area contributed by atoms with Gasteiger partial charge < -0.3 is 0 Å². The van der Waals surface area contributed by atoms with Crippen LogP contribution in [0.2, 0.25) is 0 Å². The summed E-state index contributed by atoms with van der Waals surface area (Å²) in [6.45, 7) is 13.7. The Morgan fingerprint density at radius 3 is 1.88 bits per heavy atom. The van der Waals surface area contributed by atoms with Gasteiger partial charge in [-0.05, 0) is 22.1 Å². The van der Waals surface area contributed by atoms with Crippen molar-refractivity contribution in [3.63, 3.8) is 0 Å². The number of hydrogen-bond donors (Lipinski definition) is 0. The van der Waals surface area contributed by atoms with Crippen molar-refractivity contribution in [3.05, 3.63) is 71.3 Å². The predicted octanol–water partition coefficient (Wildman–Crippen LogP) is 4.30. The quantitative estimate of drug-likeness (QED) is 0.828. The van der Waals surface area contributed by atoms with Crippen molar-refractivity contribution in [2.24, 2.45) is 0 Å². The Morgan fingerprint density at radius 2 is 1.25 bits per heavy atom. The molecule has 3 rings (SSSR count). The van der Waals surface area contributed by atoms with Crippen molar-refractivity contribution in [1.82, 2.24) is 9.80 Å². The van der Waals surface area contributed by atoms with Gasteiger partial charge in [0.15, 0.2) is 0 Å². The molecule has 1 aliphatic rings. The van der Waals surface area contributed by atoms with E-state index in [-0.39, 0.29) is 5.41 Å². The Hall–Kier alpha value is -1.64. The van der Waals surface area contributed by atoms with Gasteiger partial charge in [0.2, 0.25) is 0 Å². The molecule has 0 N–H and O–H groups in total. The van der Waals surface area contributed by atoms with Crippen LogP contribution in [0.1, 0.15) is 37.5 Å². The summed E-state index contributed by atoms with van der Waals surface area (Å²) in [5.41, 5.74) is 4.60. The summed E-state index contributed by atoms with van der Waals surface area (Å²) in [4.78, 5) is 5.17. The van der Waals surface area contributed by atoms with Crippen molar-refractivity contribution in [1.29, 1.82) is 0 Å². The minimum Gasteiger partial charge on any atom is -0.297 e. The average molecular weight is 322 g/mol. The first kappa shape index (κ1) is 17.2. The van der Waals surface area contributed by atoms with Crippen LogP contribution < -0.4 is 0 Å². The second-order valence-electron chi connectivity index (χ2n) is 7.95. The van der Waals surface area contributed by atoms with Crippen LogP contribution in [0, 0.1) is 0 Å². The summed E-state index contributed by atoms with van der Waals surface area (Å²) in [7, 11) is 0. The van der Waals surface area contributed by atoms with Crippen molar-refractivity contribution in [2.45, 2.75) is 39.3 Å². The molecule has 0 bridgehead atoms. The lowest BCUT2D eigenvalue weighted by Gasteiger charge is -2.35. The standard InChI is InChI=1S/C22H30N2/c1-22(2,3)21-12-8-7-11-20(21)18-24-15-13-23(14-16-24)17-19-9-5-4-6-10-19/h4-12H,13-18H2,1-3H3. The Labute approximate surface area is 147 Å². The Morgan fingerprint density at radius 1 is 0.708 bits per heavy atom. The third kappa shape index (κ3) is 4.46. The maximum absolute atomic E-state index is 2.60. The molecule has 0 aromatic heterocycles. The SMILES string of the molecule is CC(C)(C)c1ccccc1CN1CCN(Cc2ccccc2)CC1. The molecule has 0 amide bonds. The zero-order chi connectivity index (χ0) is 17.0. The molecule has 0 unspecified atom stereocenters. The van der Waals surface area contributed by atoms with Gasteiger partial charge in [-0.25, -0.2) is 0 Å². The van der Waals surface area contributed by atoms with Gasteiger partial charge in [0, 0.05) is 39.3 Å². The molecule has 24 heavy (non-hydrogen) atoms. The van der Waals surface area contributed by atoms with Crippen LogP contribution in [-0.4, -0.2) is 36.0 Å². The molecule has 0 radical (unpaired) electrons. The van der Waals surface area contributed by atoms with Gasteiger partial charge in [0.05, 0.1) is 0 Å². The van der Waals surface area contributed by atoms with Crippen LogP contribution in [0.5, 0.6) is 0 Å². The molecule has 1 saturated heterocycles. The molecule has 2 nitrogen and oxygen atoms in total. The highest BCUT2D eigenvalue weighted by atomic mass is 15.3. The maximum atomic E-state index is 2.60. The van der Waals surface area contributed by atoms with E-state index in [0.717, 1.165) is 39.3 Å². The highest BCUT2D eigenvalue weighted by Gasteiger charge is 2.21. The van der Waals surface area contributed by atoms with Gasteiger partial charge in [0.25, 0.3) is 0 Å². The summed E-state index contributed by atoms with van der Waals surface area (Å²) in [6.07, 6.45) is 0. The van der Waals surface area contributed by atoms with Crippen molar-refractivity contribution >= 4 is 0 Å². The van der Waals surface area contributed by atoms with Gasteiger partial charge in [-0.1, -0.05) is 75.4 Å². The van der Waals surface area contributed by atoms with Crippen LogP contribution in [0.3, 0.4) is 0 Å². The average Bonchev–Trinajstić information content (AvgIpc) is 2.57. The van der Waals surface area contributed by atoms with Crippen LogP contribution in [0.4, 0.5) is 0 Å².